The van der Waals surface area contributed by atoms with Crippen LogP contribution in [-0.4, -0.2) is 0 Å². The van der Waals surface area contributed by atoms with E-state index in [0.29, 0.717) is 5.56 Å². The average molecular weight is 265 g/mol. The van der Waals surface area contributed by atoms with Crippen molar-refractivity contribution in [1.82, 2.24) is 0 Å². The van der Waals surface area contributed by atoms with Crippen LogP contribution in [-0.2, 0) is 0 Å². The van der Waals surface area contributed by atoms with Crippen LogP contribution < -0.4 is 0 Å². The second-order valence-corrected chi connectivity index (χ2v) is 4.33. The third kappa shape index (κ3) is 2.10. The first kappa shape index (κ1) is 10.4. The molecule has 0 N–H and O–H groups in total. The summed E-state index contributed by atoms with van der Waals surface area (Å²) in [4.78, 5) is 0. The topological polar surface area (TPSA) is 0 Å². The lowest BCUT2D eigenvalue weighted by molar-refractivity contribution is 0.619. The van der Waals surface area contributed by atoms with Gasteiger partial charge >= 0.3 is 0 Å². The van der Waals surface area contributed by atoms with E-state index in [1.54, 1.807) is 13.0 Å². The third-order valence-electron chi connectivity index (χ3n) is 2.42. The molecule has 0 spiro atoms. The standard InChI is InChI=1S/C13H10BrF/c1-9-12(3-2-4-13(9)15)10-5-7-11(14)8-6-10/h2-8H,1H3. The summed E-state index contributed by atoms with van der Waals surface area (Å²) in [5.41, 5.74) is 2.68. The van der Waals surface area contributed by atoms with Crippen LogP contribution in [0.3, 0.4) is 0 Å². The normalized spacial score (nSPS) is 10.3. The van der Waals surface area contributed by atoms with Crippen LogP contribution in [0.5, 0.6) is 0 Å². The molecule has 2 heteroatoms. The van der Waals surface area contributed by atoms with Gasteiger partial charge in [0.25, 0.3) is 0 Å². The Balaban J connectivity index is 2.54. The van der Waals surface area contributed by atoms with Gasteiger partial charge < -0.3 is 0 Å². The highest BCUT2D eigenvalue weighted by Gasteiger charge is 2.04. The monoisotopic (exact) mass is 264 g/mol. The van der Waals surface area contributed by atoms with Gasteiger partial charge in [0.05, 0.1) is 0 Å². The molecule has 0 radical (unpaired) electrons. The zero-order valence-corrected chi connectivity index (χ0v) is 9.88. The van der Waals surface area contributed by atoms with Crippen molar-refractivity contribution >= 4 is 15.9 Å². The van der Waals surface area contributed by atoms with E-state index in [1.165, 1.54) is 6.07 Å². The highest BCUT2D eigenvalue weighted by molar-refractivity contribution is 9.10. The lowest BCUT2D eigenvalue weighted by Gasteiger charge is -2.06. The first-order chi connectivity index (χ1) is 7.18. The summed E-state index contributed by atoms with van der Waals surface area (Å²) in [7, 11) is 0. The fourth-order valence-electron chi connectivity index (χ4n) is 1.55. The zero-order valence-electron chi connectivity index (χ0n) is 8.30. The van der Waals surface area contributed by atoms with Crippen molar-refractivity contribution in [2.75, 3.05) is 0 Å². The Bertz CT molecular complexity index is 474. The molecule has 0 fully saturated rings. The summed E-state index contributed by atoms with van der Waals surface area (Å²) in [5, 5.41) is 0. The SMILES string of the molecule is Cc1c(F)cccc1-c1ccc(Br)cc1. The number of hydrogen-bond donors (Lipinski definition) is 0. The van der Waals surface area contributed by atoms with Crippen molar-refractivity contribution in [3.05, 3.63) is 58.3 Å². The Labute approximate surface area is 96.9 Å². The maximum Gasteiger partial charge on any atom is 0.126 e. The van der Waals surface area contributed by atoms with E-state index in [9.17, 15) is 4.39 Å². The Kier molecular flexibility index (Phi) is 2.87. The molecule has 0 nitrogen and oxygen atoms in total. The van der Waals surface area contributed by atoms with Crippen molar-refractivity contribution < 1.29 is 4.39 Å². The van der Waals surface area contributed by atoms with Crippen molar-refractivity contribution in [1.29, 1.82) is 0 Å². The molecule has 76 valence electrons. The van der Waals surface area contributed by atoms with Crippen LogP contribution >= 0.6 is 15.9 Å². The summed E-state index contributed by atoms with van der Waals surface area (Å²) in [6.07, 6.45) is 0. The van der Waals surface area contributed by atoms with Crippen LogP contribution in [0.25, 0.3) is 11.1 Å². The molecule has 0 amide bonds. The van der Waals surface area contributed by atoms with Crippen molar-refractivity contribution in [3.63, 3.8) is 0 Å². The predicted octanol–water partition coefficient (Wildman–Crippen LogP) is 4.56. The Morgan fingerprint density at radius 3 is 2.33 bits per heavy atom. The zero-order chi connectivity index (χ0) is 10.8. The molecule has 0 aliphatic carbocycles. The van der Waals surface area contributed by atoms with Crippen LogP contribution in [0.15, 0.2) is 46.9 Å². The molecule has 0 aliphatic rings. The summed E-state index contributed by atoms with van der Waals surface area (Å²) >= 11 is 3.38. The smallest absolute Gasteiger partial charge is 0.126 e. The minimum Gasteiger partial charge on any atom is -0.207 e. The summed E-state index contributed by atoms with van der Waals surface area (Å²) in [5.74, 6) is -0.157. The molecule has 0 saturated heterocycles. The minimum atomic E-state index is -0.157. The highest BCUT2D eigenvalue weighted by Crippen LogP contribution is 2.26. The van der Waals surface area contributed by atoms with Crippen molar-refractivity contribution in [2.45, 2.75) is 6.92 Å². The Hall–Kier alpha value is -1.15. The van der Waals surface area contributed by atoms with Gasteiger partial charge in [-0.15, -0.1) is 0 Å². The molecule has 0 aromatic heterocycles. The number of hydrogen-bond acceptors (Lipinski definition) is 0. The number of halogens is 2. The van der Waals surface area contributed by atoms with Gasteiger partial charge in [0, 0.05) is 4.47 Å². The highest BCUT2D eigenvalue weighted by atomic mass is 79.9. The van der Waals surface area contributed by atoms with Gasteiger partial charge in [-0.25, -0.2) is 4.39 Å². The van der Waals surface area contributed by atoms with E-state index in [4.69, 9.17) is 0 Å². The van der Waals surface area contributed by atoms with Gasteiger partial charge in [-0.3, -0.25) is 0 Å². The molecule has 2 aromatic carbocycles. The Morgan fingerprint density at radius 2 is 1.67 bits per heavy atom. The maximum absolute atomic E-state index is 13.3. The van der Waals surface area contributed by atoms with Crippen LogP contribution in [0.2, 0.25) is 0 Å². The average Bonchev–Trinajstić information content (AvgIpc) is 2.24. The molecule has 2 rings (SSSR count). The predicted molar refractivity (Wildman–Crippen MR) is 64.3 cm³/mol. The van der Waals surface area contributed by atoms with Crippen LogP contribution in [0, 0.1) is 12.7 Å². The molecule has 0 atom stereocenters. The van der Waals surface area contributed by atoms with Gasteiger partial charge in [0.1, 0.15) is 5.82 Å². The lowest BCUT2D eigenvalue weighted by Crippen LogP contribution is -1.87. The van der Waals surface area contributed by atoms with E-state index >= 15 is 0 Å². The van der Waals surface area contributed by atoms with Crippen molar-refractivity contribution in [3.8, 4) is 11.1 Å². The van der Waals surface area contributed by atoms with Gasteiger partial charge in [0.15, 0.2) is 0 Å². The number of benzene rings is 2. The first-order valence-electron chi connectivity index (χ1n) is 4.69. The minimum absolute atomic E-state index is 0.157. The van der Waals surface area contributed by atoms with Crippen LogP contribution in [0.1, 0.15) is 5.56 Å². The van der Waals surface area contributed by atoms with Gasteiger partial charge in [-0.1, -0.05) is 40.2 Å². The van der Waals surface area contributed by atoms with E-state index in [-0.39, 0.29) is 5.82 Å². The van der Waals surface area contributed by atoms with E-state index in [1.807, 2.05) is 30.3 Å². The fraction of sp³-hybridized carbons (Fsp3) is 0.0769. The molecule has 15 heavy (non-hydrogen) atoms. The lowest BCUT2D eigenvalue weighted by atomic mass is 10.0. The molecule has 0 saturated carbocycles. The molecule has 2 aromatic rings. The Morgan fingerprint density at radius 1 is 1.00 bits per heavy atom. The molecular weight excluding hydrogens is 255 g/mol. The van der Waals surface area contributed by atoms with Gasteiger partial charge in [-0.05, 0) is 41.8 Å². The third-order valence-corrected chi connectivity index (χ3v) is 2.95. The van der Waals surface area contributed by atoms with E-state index in [0.717, 1.165) is 15.6 Å². The van der Waals surface area contributed by atoms with Gasteiger partial charge in [0.2, 0.25) is 0 Å². The molecule has 0 bridgehead atoms. The summed E-state index contributed by atoms with van der Waals surface area (Å²) in [6, 6.07) is 13.0. The first-order valence-corrected chi connectivity index (χ1v) is 5.49. The van der Waals surface area contributed by atoms with Crippen molar-refractivity contribution in [2.24, 2.45) is 0 Å². The second-order valence-electron chi connectivity index (χ2n) is 3.42. The summed E-state index contributed by atoms with van der Waals surface area (Å²) in [6.45, 7) is 1.80. The van der Waals surface area contributed by atoms with E-state index < -0.39 is 0 Å². The molecular formula is C13H10BrF. The second kappa shape index (κ2) is 4.15. The fourth-order valence-corrected chi connectivity index (χ4v) is 1.81. The maximum atomic E-state index is 13.3. The van der Waals surface area contributed by atoms with E-state index in [2.05, 4.69) is 15.9 Å². The molecule has 0 heterocycles. The molecule has 0 aliphatic heterocycles. The molecule has 0 unspecified atom stereocenters. The quantitative estimate of drug-likeness (QED) is 0.708. The number of rotatable bonds is 1. The van der Waals surface area contributed by atoms with Gasteiger partial charge in [-0.2, -0.15) is 0 Å². The van der Waals surface area contributed by atoms with Crippen LogP contribution in [0.4, 0.5) is 4.39 Å². The largest absolute Gasteiger partial charge is 0.207 e. The summed E-state index contributed by atoms with van der Waals surface area (Å²) < 4.78 is 14.4.